The number of amides is 1. The van der Waals surface area contributed by atoms with Crippen molar-refractivity contribution in [3.63, 3.8) is 0 Å². The molecule has 3 rings (SSSR count). The van der Waals surface area contributed by atoms with Gasteiger partial charge in [0.15, 0.2) is 11.3 Å². The van der Waals surface area contributed by atoms with E-state index in [2.05, 4.69) is 20.5 Å². The summed E-state index contributed by atoms with van der Waals surface area (Å²) in [5.41, 5.74) is -1.11. The Morgan fingerprint density at radius 2 is 1.88 bits per heavy atom. The van der Waals surface area contributed by atoms with Crippen molar-refractivity contribution in [2.24, 2.45) is 7.05 Å². The fourth-order valence-electron chi connectivity index (χ4n) is 2.30. The van der Waals surface area contributed by atoms with E-state index in [-0.39, 0.29) is 11.3 Å². The summed E-state index contributed by atoms with van der Waals surface area (Å²) < 4.78 is 54.0. The second-order valence-electron chi connectivity index (χ2n) is 5.26. The molecule has 0 aromatic carbocycles. The minimum absolute atomic E-state index is 0.232. The van der Waals surface area contributed by atoms with Gasteiger partial charge in [0, 0.05) is 19.3 Å². The van der Waals surface area contributed by atoms with Crippen LogP contribution < -0.4 is 5.32 Å². The zero-order valence-electron chi connectivity index (χ0n) is 13.0. The Morgan fingerprint density at radius 3 is 2.44 bits per heavy atom. The van der Waals surface area contributed by atoms with Gasteiger partial charge in [-0.05, 0) is 13.0 Å². The van der Waals surface area contributed by atoms with Crippen LogP contribution in [-0.4, -0.2) is 30.3 Å². The van der Waals surface area contributed by atoms with Crippen molar-refractivity contribution >= 4 is 17.2 Å². The van der Waals surface area contributed by atoms with Gasteiger partial charge < -0.3 is 5.32 Å². The van der Waals surface area contributed by atoms with Gasteiger partial charge in [-0.3, -0.25) is 9.48 Å². The minimum Gasteiger partial charge on any atom is -0.318 e. The Morgan fingerprint density at radius 1 is 1.16 bits per heavy atom. The summed E-state index contributed by atoms with van der Waals surface area (Å²) in [5.74, 6) is -0.694. The van der Waals surface area contributed by atoms with E-state index >= 15 is 0 Å². The third kappa shape index (κ3) is 3.16. The van der Waals surface area contributed by atoms with Crippen LogP contribution in [-0.2, 0) is 7.05 Å². The highest BCUT2D eigenvalue weighted by atomic mass is 19.3. The number of alkyl halides is 4. The average Bonchev–Trinajstić information content (AvgIpc) is 3.09. The Labute approximate surface area is 138 Å². The van der Waals surface area contributed by atoms with Crippen molar-refractivity contribution in [3.8, 4) is 0 Å². The molecular formula is C14H12F4N6O. The van der Waals surface area contributed by atoms with E-state index in [4.69, 9.17) is 0 Å². The molecule has 11 heteroatoms. The lowest BCUT2D eigenvalue weighted by molar-refractivity contribution is 0.102. The molecule has 7 nitrogen and oxygen atoms in total. The number of fused-ring (bicyclic) bond motifs is 1. The number of anilines is 1. The van der Waals surface area contributed by atoms with E-state index in [0.29, 0.717) is 22.0 Å². The minimum atomic E-state index is -3.06. The van der Waals surface area contributed by atoms with Crippen LogP contribution in [0.5, 0.6) is 0 Å². The maximum absolute atomic E-state index is 13.1. The summed E-state index contributed by atoms with van der Waals surface area (Å²) in [5, 5.41) is 10.3. The molecule has 1 N–H and O–H groups in total. The van der Waals surface area contributed by atoms with Gasteiger partial charge in [-0.15, -0.1) is 0 Å². The number of aromatic nitrogens is 5. The summed E-state index contributed by atoms with van der Waals surface area (Å²) in [4.78, 5) is 15.8. The SMILES string of the molecule is Cc1nn(C)cc1NC(=O)c1cc2nc(C(F)F)cc(C(F)F)n2n1. The fraction of sp³-hybridized carbons (Fsp3) is 0.286. The molecule has 0 fully saturated rings. The molecule has 0 saturated heterocycles. The van der Waals surface area contributed by atoms with Crippen LogP contribution in [0.4, 0.5) is 23.2 Å². The lowest BCUT2D eigenvalue weighted by Gasteiger charge is -2.06. The Hall–Kier alpha value is -2.98. The largest absolute Gasteiger partial charge is 0.318 e. The molecule has 0 aliphatic rings. The number of hydrogen-bond donors (Lipinski definition) is 1. The monoisotopic (exact) mass is 356 g/mol. The van der Waals surface area contributed by atoms with Gasteiger partial charge in [0.2, 0.25) is 0 Å². The van der Waals surface area contributed by atoms with E-state index in [0.717, 1.165) is 6.07 Å². The molecule has 0 spiro atoms. The van der Waals surface area contributed by atoms with Crippen LogP contribution in [0, 0.1) is 6.92 Å². The van der Waals surface area contributed by atoms with Crippen molar-refractivity contribution in [2.75, 3.05) is 5.32 Å². The van der Waals surface area contributed by atoms with Crippen LogP contribution in [0.15, 0.2) is 18.3 Å². The third-order valence-corrected chi connectivity index (χ3v) is 3.42. The van der Waals surface area contributed by atoms with Gasteiger partial charge in [-0.2, -0.15) is 10.2 Å². The molecule has 0 saturated carbocycles. The zero-order valence-corrected chi connectivity index (χ0v) is 13.0. The maximum atomic E-state index is 13.1. The smallest absolute Gasteiger partial charge is 0.280 e. The molecule has 3 aromatic rings. The summed E-state index contributed by atoms with van der Waals surface area (Å²) in [6.45, 7) is 1.67. The van der Waals surface area contributed by atoms with Crippen molar-refractivity contribution in [2.45, 2.75) is 19.8 Å². The second kappa shape index (κ2) is 6.15. The van der Waals surface area contributed by atoms with Crippen molar-refractivity contribution in [1.82, 2.24) is 24.4 Å². The summed E-state index contributed by atoms with van der Waals surface area (Å²) in [7, 11) is 1.66. The molecular weight excluding hydrogens is 344 g/mol. The lowest BCUT2D eigenvalue weighted by Crippen LogP contribution is -2.13. The normalized spacial score (nSPS) is 11.7. The molecule has 0 aliphatic heterocycles. The fourth-order valence-corrected chi connectivity index (χ4v) is 2.30. The van der Waals surface area contributed by atoms with Gasteiger partial charge in [-0.1, -0.05) is 0 Å². The number of hydrogen-bond acceptors (Lipinski definition) is 4. The Kier molecular flexibility index (Phi) is 4.15. The van der Waals surface area contributed by atoms with Gasteiger partial charge in [0.1, 0.15) is 11.4 Å². The van der Waals surface area contributed by atoms with Crippen molar-refractivity contribution < 1.29 is 22.4 Å². The molecule has 25 heavy (non-hydrogen) atoms. The van der Waals surface area contributed by atoms with Gasteiger partial charge in [0.05, 0.1) is 11.4 Å². The topological polar surface area (TPSA) is 77.1 Å². The standard InChI is InChI=1S/C14H12F4N6O/c1-6-9(5-23(2)21-6)20-14(25)8-4-11-19-7(12(15)16)3-10(13(17)18)24(11)22-8/h3-5,12-13H,1-2H3,(H,20,25). The average molecular weight is 356 g/mol. The van der Waals surface area contributed by atoms with Crippen LogP contribution in [0.1, 0.15) is 40.4 Å². The number of aryl methyl sites for hydroxylation is 2. The summed E-state index contributed by atoms with van der Waals surface area (Å²) in [6, 6.07) is 1.64. The van der Waals surface area contributed by atoms with Gasteiger partial charge in [0.25, 0.3) is 18.8 Å². The Balaban J connectivity index is 2.01. The van der Waals surface area contributed by atoms with Gasteiger partial charge >= 0.3 is 0 Å². The van der Waals surface area contributed by atoms with Gasteiger partial charge in [-0.25, -0.2) is 27.1 Å². The van der Waals surface area contributed by atoms with E-state index < -0.39 is 30.1 Å². The number of carbonyl (C=O) groups is 1. The third-order valence-electron chi connectivity index (χ3n) is 3.42. The first kappa shape index (κ1) is 16.9. The molecule has 3 heterocycles. The number of rotatable bonds is 4. The van der Waals surface area contributed by atoms with Crippen LogP contribution in [0.3, 0.4) is 0 Å². The van der Waals surface area contributed by atoms with Crippen molar-refractivity contribution in [1.29, 1.82) is 0 Å². The highest BCUT2D eigenvalue weighted by molar-refractivity contribution is 6.03. The zero-order chi connectivity index (χ0) is 18.3. The van der Waals surface area contributed by atoms with E-state index in [9.17, 15) is 22.4 Å². The predicted octanol–water partition coefficient (Wildman–Crippen LogP) is 2.90. The van der Waals surface area contributed by atoms with Crippen LogP contribution in [0.2, 0.25) is 0 Å². The van der Waals surface area contributed by atoms with Crippen molar-refractivity contribution in [3.05, 3.63) is 41.1 Å². The quantitative estimate of drug-likeness (QED) is 0.729. The molecule has 132 valence electrons. The molecule has 0 atom stereocenters. The number of halogens is 4. The molecule has 1 amide bonds. The number of nitrogens with one attached hydrogen (secondary N) is 1. The second-order valence-corrected chi connectivity index (χ2v) is 5.26. The lowest BCUT2D eigenvalue weighted by atomic mass is 10.3. The summed E-state index contributed by atoms with van der Waals surface area (Å²) in [6.07, 6.45) is -4.52. The first-order valence-electron chi connectivity index (χ1n) is 7.04. The molecule has 0 bridgehead atoms. The number of carbonyl (C=O) groups excluding carboxylic acids is 1. The molecule has 3 aromatic heterocycles. The highest BCUT2D eigenvalue weighted by Crippen LogP contribution is 2.25. The van der Waals surface area contributed by atoms with E-state index in [1.807, 2.05) is 0 Å². The first-order valence-corrected chi connectivity index (χ1v) is 7.04. The van der Waals surface area contributed by atoms with Crippen LogP contribution in [0.25, 0.3) is 5.65 Å². The molecule has 0 aliphatic carbocycles. The number of nitrogens with zero attached hydrogens (tertiary/aromatic N) is 5. The highest BCUT2D eigenvalue weighted by Gasteiger charge is 2.22. The molecule has 0 radical (unpaired) electrons. The Bertz CT molecular complexity index is 948. The summed E-state index contributed by atoms with van der Waals surface area (Å²) >= 11 is 0. The van der Waals surface area contributed by atoms with Crippen LogP contribution >= 0.6 is 0 Å². The first-order chi connectivity index (χ1) is 11.8. The predicted molar refractivity (Wildman–Crippen MR) is 78.8 cm³/mol. The maximum Gasteiger partial charge on any atom is 0.280 e. The van der Waals surface area contributed by atoms with E-state index in [1.165, 1.54) is 4.68 Å². The van der Waals surface area contributed by atoms with E-state index in [1.54, 1.807) is 20.2 Å². The molecule has 0 unspecified atom stereocenters.